The number of aliphatic hydroxyl groups excluding tert-OH is 1. The van der Waals surface area contributed by atoms with E-state index in [9.17, 15) is 9.59 Å². The fourth-order valence-electron chi connectivity index (χ4n) is 1.71. The first-order valence-electron chi connectivity index (χ1n) is 5.62. The second-order valence-electron chi connectivity index (χ2n) is 3.91. The molecule has 0 unspecified atom stereocenters. The minimum absolute atomic E-state index is 0.0188. The summed E-state index contributed by atoms with van der Waals surface area (Å²) in [6.45, 7) is 0.397. The number of aliphatic hydroxyl groups is 1. The van der Waals surface area contributed by atoms with E-state index in [4.69, 9.17) is 9.52 Å². The maximum absolute atomic E-state index is 11.9. The molecule has 0 aliphatic carbocycles. The lowest BCUT2D eigenvalue weighted by Gasteiger charge is -2.04. The van der Waals surface area contributed by atoms with Crippen molar-refractivity contribution in [3.05, 3.63) is 34.3 Å². The number of para-hydroxylation sites is 1. The molecular weight excluding hydrogens is 236 g/mol. The zero-order valence-corrected chi connectivity index (χ0v) is 9.97. The Labute approximate surface area is 103 Å². The van der Waals surface area contributed by atoms with E-state index in [1.807, 2.05) is 0 Å². The van der Waals surface area contributed by atoms with Crippen molar-refractivity contribution >= 4 is 17.0 Å². The maximum atomic E-state index is 11.9. The van der Waals surface area contributed by atoms with E-state index in [1.165, 1.54) is 4.57 Å². The lowest BCUT2D eigenvalue weighted by molar-refractivity contribution is 0.0952. The molecule has 1 amide bonds. The second kappa shape index (κ2) is 5.05. The molecule has 96 valence electrons. The Hall–Kier alpha value is -2.08. The van der Waals surface area contributed by atoms with E-state index in [1.54, 1.807) is 25.2 Å². The molecule has 0 aliphatic heterocycles. The first kappa shape index (κ1) is 12.4. The van der Waals surface area contributed by atoms with Gasteiger partial charge in [-0.2, -0.15) is 0 Å². The number of nitrogens with one attached hydrogen (secondary N) is 1. The number of rotatable bonds is 4. The SMILES string of the molecule is Cn1c(=O)oc2c(C(=O)NCCCO)cccc21. The first-order chi connectivity index (χ1) is 8.65. The van der Waals surface area contributed by atoms with Crippen LogP contribution in [0, 0.1) is 0 Å². The molecule has 0 atom stereocenters. The van der Waals surface area contributed by atoms with Crippen LogP contribution in [0.2, 0.25) is 0 Å². The average Bonchev–Trinajstić information content (AvgIpc) is 2.66. The Morgan fingerprint density at radius 2 is 2.28 bits per heavy atom. The number of aromatic nitrogens is 1. The van der Waals surface area contributed by atoms with Crippen molar-refractivity contribution in [2.75, 3.05) is 13.2 Å². The van der Waals surface area contributed by atoms with Crippen LogP contribution in [0.15, 0.2) is 27.4 Å². The molecule has 0 radical (unpaired) electrons. The zero-order valence-electron chi connectivity index (χ0n) is 9.97. The lowest BCUT2D eigenvalue weighted by Crippen LogP contribution is -2.25. The van der Waals surface area contributed by atoms with Gasteiger partial charge in [-0.05, 0) is 18.6 Å². The summed E-state index contributed by atoms with van der Waals surface area (Å²) in [6.07, 6.45) is 0.487. The van der Waals surface area contributed by atoms with Gasteiger partial charge in [0.25, 0.3) is 5.91 Å². The summed E-state index contributed by atoms with van der Waals surface area (Å²) in [4.78, 5) is 23.3. The molecule has 0 saturated carbocycles. The number of aryl methyl sites for hydroxylation is 1. The summed E-state index contributed by atoms with van der Waals surface area (Å²) in [5.74, 6) is -0.816. The summed E-state index contributed by atoms with van der Waals surface area (Å²) in [7, 11) is 1.58. The average molecular weight is 250 g/mol. The van der Waals surface area contributed by atoms with Crippen LogP contribution in [-0.4, -0.2) is 28.7 Å². The van der Waals surface area contributed by atoms with Gasteiger partial charge in [0.1, 0.15) is 0 Å². The highest BCUT2D eigenvalue weighted by Gasteiger charge is 2.15. The van der Waals surface area contributed by atoms with E-state index in [2.05, 4.69) is 5.32 Å². The third-order valence-corrected chi connectivity index (χ3v) is 2.68. The smallest absolute Gasteiger partial charge is 0.407 e. The van der Waals surface area contributed by atoms with E-state index >= 15 is 0 Å². The lowest BCUT2D eigenvalue weighted by atomic mass is 10.2. The van der Waals surface area contributed by atoms with Gasteiger partial charge in [0.2, 0.25) is 0 Å². The summed E-state index contributed by atoms with van der Waals surface area (Å²) in [5.41, 5.74) is 1.18. The summed E-state index contributed by atoms with van der Waals surface area (Å²) < 4.78 is 6.40. The molecular formula is C12H14N2O4. The molecule has 1 aromatic carbocycles. The highest BCUT2D eigenvalue weighted by atomic mass is 16.4. The van der Waals surface area contributed by atoms with Gasteiger partial charge in [-0.3, -0.25) is 9.36 Å². The second-order valence-corrected chi connectivity index (χ2v) is 3.91. The van der Waals surface area contributed by atoms with Crippen LogP contribution in [-0.2, 0) is 7.05 Å². The Kier molecular flexibility index (Phi) is 3.47. The van der Waals surface area contributed by atoms with Crippen molar-refractivity contribution < 1.29 is 14.3 Å². The normalized spacial score (nSPS) is 10.8. The summed E-state index contributed by atoms with van der Waals surface area (Å²) in [6, 6.07) is 5.00. The minimum atomic E-state index is -0.499. The van der Waals surface area contributed by atoms with Crippen LogP contribution in [0.5, 0.6) is 0 Å². The Balaban J connectivity index is 2.36. The maximum Gasteiger partial charge on any atom is 0.419 e. The van der Waals surface area contributed by atoms with Crippen LogP contribution < -0.4 is 11.1 Å². The molecule has 0 bridgehead atoms. The zero-order chi connectivity index (χ0) is 13.1. The number of fused-ring (bicyclic) bond motifs is 1. The van der Waals surface area contributed by atoms with E-state index in [0.29, 0.717) is 24.0 Å². The molecule has 0 fully saturated rings. The molecule has 2 rings (SSSR count). The third kappa shape index (κ3) is 2.14. The number of carbonyl (C=O) groups is 1. The van der Waals surface area contributed by atoms with Gasteiger partial charge in [0.05, 0.1) is 11.1 Å². The van der Waals surface area contributed by atoms with Crippen LogP contribution >= 0.6 is 0 Å². The Morgan fingerprint density at radius 3 is 3.00 bits per heavy atom. The Morgan fingerprint density at radius 1 is 1.50 bits per heavy atom. The molecule has 0 aliphatic rings. The number of hydrogen-bond donors (Lipinski definition) is 2. The summed E-state index contributed by atoms with van der Waals surface area (Å²) >= 11 is 0. The van der Waals surface area contributed by atoms with Crippen LogP contribution in [0.25, 0.3) is 11.1 Å². The molecule has 18 heavy (non-hydrogen) atoms. The third-order valence-electron chi connectivity index (χ3n) is 2.68. The van der Waals surface area contributed by atoms with Crippen molar-refractivity contribution in [3.63, 3.8) is 0 Å². The van der Waals surface area contributed by atoms with Gasteiger partial charge in [-0.15, -0.1) is 0 Å². The van der Waals surface area contributed by atoms with Crippen LogP contribution in [0.4, 0.5) is 0 Å². The van der Waals surface area contributed by atoms with Crippen molar-refractivity contribution in [2.45, 2.75) is 6.42 Å². The highest BCUT2D eigenvalue weighted by Crippen LogP contribution is 2.16. The molecule has 1 aromatic heterocycles. The van der Waals surface area contributed by atoms with Gasteiger partial charge in [-0.1, -0.05) is 6.07 Å². The largest absolute Gasteiger partial charge is 0.419 e. The Bertz CT molecular complexity index is 627. The predicted octanol–water partition coefficient (Wildman–Crippen LogP) is 0.244. The molecule has 1 heterocycles. The topological polar surface area (TPSA) is 84.5 Å². The molecule has 2 aromatic rings. The minimum Gasteiger partial charge on any atom is -0.407 e. The molecule has 0 spiro atoms. The molecule has 2 N–H and O–H groups in total. The van der Waals surface area contributed by atoms with Crippen molar-refractivity contribution in [1.82, 2.24) is 9.88 Å². The van der Waals surface area contributed by atoms with Gasteiger partial charge in [0, 0.05) is 20.2 Å². The van der Waals surface area contributed by atoms with E-state index < -0.39 is 5.76 Å². The molecule has 0 saturated heterocycles. The summed E-state index contributed by atoms with van der Waals surface area (Å²) in [5, 5.41) is 11.3. The number of nitrogens with zero attached hydrogens (tertiary/aromatic N) is 1. The van der Waals surface area contributed by atoms with Gasteiger partial charge >= 0.3 is 5.76 Å². The van der Waals surface area contributed by atoms with Crippen molar-refractivity contribution in [3.8, 4) is 0 Å². The number of amides is 1. The highest BCUT2D eigenvalue weighted by molar-refractivity contribution is 6.04. The van der Waals surface area contributed by atoms with Crippen LogP contribution in [0.3, 0.4) is 0 Å². The van der Waals surface area contributed by atoms with E-state index in [-0.39, 0.29) is 18.1 Å². The van der Waals surface area contributed by atoms with Crippen LogP contribution in [0.1, 0.15) is 16.8 Å². The number of hydrogen-bond acceptors (Lipinski definition) is 4. The first-order valence-corrected chi connectivity index (χ1v) is 5.62. The van der Waals surface area contributed by atoms with Crippen molar-refractivity contribution in [1.29, 1.82) is 0 Å². The monoisotopic (exact) mass is 250 g/mol. The quantitative estimate of drug-likeness (QED) is 0.761. The fraction of sp³-hybridized carbons (Fsp3) is 0.333. The molecule has 6 heteroatoms. The fourth-order valence-corrected chi connectivity index (χ4v) is 1.71. The van der Waals surface area contributed by atoms with Gasteiger partial charge < -0.3 is 14.8 Å². The van der Waals surface area contributed by atoms with Gasteiger partial charge in [-0.25, -0.2) is 4.79 Å². The van der Waals surface area contributed by atoms with E-state index in [0.717, 1.165) is 0 Å². The van der Waals surface area contributed by atoms with Gasteiger partial charge in [0.15, 0.2) is 5.58 Å². The number of benzene rings is 1. The molecule has 6 nitrogen and oxygen atoms in total. The standard InChI is InChI=1S/C12H14N2O4/c1-14-9-5-2-4-8(10(9)18-12(14)17)11(16)13-6-3-7-15/h2,4-5,15H,3,6-7H2,1H3,(H,13,16). The number of carbonyl (C=O) groups excluding carboxylic acids is 1. The predicted molar refractivity (Wildman–Crippen MR) is 65.5 cm³/mol. The van der Waals surface area contributed by atoms with Crippen molar-refractivity contribution in [2.24, 2.45) is 7.05 Å². The number of oxazole rings is 1.